The summed E-state index contributed by atoms with van der Waals surface area (Å²) in [6.07, 6.45) is 2.56. The molecule has 0 atom stereocenters. The van der Waals surface area contributed by atoms with Crippen LogP contribution in [-0.4, -0.2) is 47.9 Å². The first kappa shape index (κ1) is 17.2. The fourth-order valence-electron chi connectivity index (χ4n) is 3.52. The second-order valence-electron chi connectivity index (χ2n) is 6.75. The van der Waals surface area contributed by atoms with Crippen molar-refractivity contribution in [2.45, 2.75) is 50.4 Å². The fourth-order valence-corrected chi connectivity index (χ4v) is 3.52. The lowest BCUT2D eigenvalue weighted by Crippen LogP contribution is -2.59. The number of amides is 2. The summed E-state index contributed by atoms with van der Waals surface area (Å²) in [5.41, 5.74) is -0.380. The minimum Gasteiger partial charge on any atom is -0.385 e. The zero-order valence-corrected chi connectivity index (χ0v) is 14.0. The average Bonchev–Trinajstić information content (AvgIpc) is 2.53. The molecule has 1 aliphatic carbocycles. The van der Waals surface area contributed by atoms with Gasteiger partial charge < -0.3 is 20.1 Å². The van der Waals surface area contributed by atoms with Crippen LogP contribution >= 0.6 is 0 Å². The quantitative estimate of drug-likeness (QED) is 0.887. The van der Waals surface area contributed by atoms with E-state index in [2.05, 4.69) is 5.32 Å². The molecular weight excluding hydrogens is 311 g/mol. The molecule has 1 aromatic rings. The van der Waals surface area contributed by atoms with E-state index in [0.717, 1.165) is 0 Å². The molecule has 0 spiro atoms. The number of hydrogen-bond acceptors (Lipinski definition) is 3. The van der Waals surface area contributed by atoms with Gasteiger partial charge in [0.15, 0.2) is 0 Å². The van der Waals surface area contributed by atoms with Crippen LogP contribution in [0.4, 0.5) is 9.18 Å². The number of likely N-dealkylation sites (tertiary alicyclic amines) is 1. The summed E-state index contributed by atoms with van der Waals surface area (Å²) in [6.45, 7) is 3.89. The van der Waals surface area contributed by atoms with Gasteiger partial charge in [-0.3, -0.25) is 0 Å². The predicted octanol–water partition coefficient (Wildman–Crippen LogP) is 2.39. The maximum absolute atomic E-state index is 13.4. The lowest BCUT2D eigenvalue weighted by atomic mass is 9.78. The molecule has 1 saturated carbocycles. The van der Waals surface area contributed by atoms with Gasteiger partial charge in [-0.2, -0.15) is 0 Å². The Kier molecular flexibility index (Phi) is 5.06. The van der Waals surface area contributed by atoms with E-state index in [1.165, 1.54) is 12.1 Å². The highest BCUT2D eigenvalue weighted by Crippen LogP contribution is 2.37. The Balaban J connectivity index is 1.48. The molecule has 24 heavy (non-hydrogen) atoms. The molecule has 3 rings (SSSR count). The Hall–Kier alpha value is -1.66. The van der Waals surface area contributed by atoms with Gasteiger partial charge in [-0.15, -0.1) is 0 Å². The first-order chi connectivity index (χ1) is 11.5. The normalized spacial score (nSPS) is 27.6. The highest BCUT2D eigenvalue weighted by molar-refractivity contribution is 5.75. The highest BCUT2D eigenvalue weighted by atomic mass is 19.1. The van der Waals surface area contributed by atoms with Gasteiger partial charge >= 0.3 is 6.03 Å². The first-order valence-corrected chi connectivity index (χ1v) is 8.65. The monoisotopic (exact) mass is 336 g/mol. The van der Waals surface area contributed by atoms with Crippen LogP contribution in [-0.2, 0) is 10.3 Å². The lowest BCUT2D eigenvalue weighted by Gasteiger charge is -2.41. The maximum atomic E-state index is 13.4. The Morgan fingerprint density at radius 3 is 2.75 bits per heavy atom. The molecule has 2 amide bonds. The number of nitrogens with one attached hydrogen (secondary N) is 1. The van der Waals surface area contributed by atoms with Crippen LogP contribution in [0.2, 0.25) is 0 Å². The van der Waals surface area contributed by atoms with E-state index < -0.39 is 5.60 Å². The molecule has 0 bridgehead atoms. The summed E-state index contributed by atoms with van der Waals surface area (Å²) in [5, 5.41) is 13.8. The van der Waals surface area contributed by atoms with Gasteiger partial charge in [-0.1, -0.05) is 12.1 Å². The van der Waals surface area contributed by atoms with E-state index in [1.807, 2.05) is 6.92 Å². The van der Waals surface area contributed by atoms with Crippen molar-refractivity contribution in [1.29, 1.82) is 0 Å². The molecule has 0 unspecified atom stereocenters. The molecule has 6 heteroatoms. The van der Waals surface area contributed by atoms with Gasteiger partial charge in [0, 0.05) is 12.6 Å². The topological polar surface area (TPSA) is 61.8 Å². The van der Waals surface area contributed by atoms with Crippen molar-refractivity contribution in [2.75, 3.05) is 19.7 Å². The molecule has 2 N–H and O–H groups in total. The smallest absolute Gasteiger partial charge is 0.317 e. The minimum absolute atomic E-state index is 0.0532. The van der Waals surface area contributed by atoms with Crippen molar-refractivity contribution in [2.24, 2.45) is 0 Å². The van der Waals surface area contributed by atoms with Crippen LogP contribution in [0.25, 0.3) is 0 Å². The highest BCUT2D eigenvalue weighted by Gasteiger charge is 2.37. The largest absolute Gasteiger partial charge is 0.385 e. The zero-order chi connectivity index (χ0) is 17.2. The molecule has 132 valence electrons. The van der Waals surface area contributed by atoms with Gasteiger partial charge in [0.1, 0.15) is 5.82 Å². The SMILES string of the molecule is CCOC1CN(C(=O)NC2CCC(O)(c3cccc(F)c3)CC2)C1. The van der Waals surface area contributed by atoms with Gasteiger partial charge in [0.25, 0.3) is 0 Å². The van der Waals surface area contributed by atoms with E-state index in [4.69, 9.17) is 4.74 Å². The van der Waals surface area contributed by atoms with Crippen molar-refractivity contribution in [3.05, 3.63) is 35.6 Å². The Labute approximate surface area is 141 Å². The molecule has 2 aliphatic rings. The molecule has 1 saturated heterocycles. The molecule has 0 radical (unpaired) electrons. The fraction of sp³-hybridized carbons (Fsp3) is 0.611. The summed E-state index contributed by atoms with van der Waals surface area (Å²) in [6, 6.07) is 6.14. The van der Waals surface area contributed by atoms with Crippen LogP contribution in [0.3, 0.4) is 0 Å². The second-order valence-corrected chi connectivity index (χ2v) is 6.75. The predicted molar refractivity (Wildman–Crippen MR) is 88.1 cm³/mol. The van der Waals surface area contributed by atoms with Gasteiger partial charge in [0.05, 0.1) is 24.8 Å². The maximum Gasteiger partial charge on any atom is 0.317 e. The molecule has 0 aromatic heterocycles. The number of aliphatic hydroxyl groups is 1. The molecule has 1 aliphatic heterocycles. The Morgan fingerprint density at radius 2 is 2.12 bits per heavy atom. The number of nitrogens with zero attached hydrogens (tertiary/aromatic N) is 1. The van der Waals surface area contributed by atoms with Crippen molar-refractivity contribution >= 4 is 6.03 Å². The standard InChI is InChI=1S/C18H25FN2O3/c1-2-24-16-11-21(12-16)17(22)20-15-6-8-18(23,9-7-15)13-4-3-5-14(19)10-13/h3-5,10,15-16,23H,2,6-9,11-12H2,1H3,(H,20,22). The number of hydrogen-bond donors (Lipinski definition) is 2. The number of rotatable bonds is 4. The zero-order valence-electron chi connectivity index (χ0n) is 14.0. The van der Waals surface area contributed by atoms with Crippen LogP contribution in [0.15, 0.2) is 24.3 Å². The summed E-state index contributed by atoms with van der Waals surface area (Å²) in [7, 11) is 0. The van der Waals surface area contributed by atoms with Gasteiger partial charge in [-0.05, 0) is 50.3 Å². The summed E-state index contributed by atoms with van der Waals surface area (Å²) < 4.78 is 18.8. The number of carbonyl (C=O) groups is 1. The average molecular weight is 336 g/mol. The van der Waals surface area contributed by atoms with Crippen LogP contribution in [0.1, 0.15) is 38.2 Å². The van der Waals surface area contributed by atoms with Crippen molar-refractivity contribution in [1.82, 2.24) is 10.2 Å². The van der Waals surface area contributed by atoms with Crippen molar-refractivity contribution in [3.8, 4) is 0 Å². The van der Waals surface area contributed by atoms with Crippen LogP contribution in [0.5, 0.6) is 0 Å². The number of halogens is 1. The van der Waals surface area contributed by atoms with Crippen LogP contribution < -0.4 is 5.32 Å². The molecule has 5 nitrogen and oxygen atoms in total. The Bertz CT molecular complexity index is 581. The second kappa shape index (κ2) is 7.07. The van der Waals surface area contributed by atoms with Crippen molar-refractivity contribution in [3.63, 3.8) is 0 Å². The van der Waals surface area contributed by atoms with Crippen LogP contribution in [0, 0.1) is 5.82 Å². The number of carbonyl (C=O) groups excluding carboxylic acids is 1. The molecule has 1 aromatic carbocycles. The van der Waals surface area contributed by atoms with Gasteiger partial charge in [0.2, 0.25) is 0 Å². The van der Waals surface area contributed by atoms with E-state index in [-0.39, 0.29) is 24.0 Å². The molecule has 1 heterocycles. The Morgan fingerprint density at radius 1 is 1.42 bits per heavy atom. The van der Waals surface area contributed by atoms with E-state index in [1.54, 1.807) is 17.0 Å². The third kappa shape index (κ3) is 3.70. The third-order valence-corrected chi connectivity index (χ3v) is 5.04. The van der Waals surface area contributed by atoms with E-state index in [0.29, 0.717) is 50.9 Å². The summed E-state index contributed by atoms with van der Waals surface area (Å²) in [5.74, 6) is -0.335. The van der Waals surface area contributed by atoms with Crippen molar-refractivity contribution < 1.29 is 19.0 Å². The number of urea groups is 1. The van der Waals surface area contributed by atoms with E-state index >= 15 is 0 Å². The minimum atomic E-state index is -1.000. The van der Waals surface area contributed by atoms with E-state index in [9.17, 15) is 14.3 Å². The number of ether oxygens (including phenoxy) is 1. The third-order valence-electron chi connectivity index (χ3n) is 5.04. The molecular formula is C18H25FN2O3. The first-order valence-electron chi connectivity index (χ1n) is 8.65. The lowest BCUT2D eigenvalue weighted by molar-refractivity contribution is -0.0326. The van der Waals surface area contributed by atoms with Gasteiger partial charge in [-0.25, -0.2) is 9.18 Å². The molecule has 2 fully saturated rings. The summed E-state index contributed by atoms with van der Waals surface area (Å²) in [4.78, 5) is 13.9. The summed E-state index contributed by atoms with van der Waals surface area (Å²) >= 11 is 0. The number of benzene rings is 1.